The van der Waals surface area contributed by atoms with Gasteiger partial charge < -0.3 is 9.30 Å². The van der Waals surface area contributed by atoms with Crippen LogP contribution in [0.1, 0.15) is 19.4 Å². The Morgan fingerprint density at radius 3 is 2.67 bits per heavy atom. The van der Waals surface area contributed by atoms with Crippen LogP contribution in [0.15, 0.2) is 41.2 Å². The molecule has 0 fully saturated rings. The first-order chi connectivity index (χ1) is 10.1. The number of ether oxygens (including phenoxy) is 1. The maximum atomic E-state index is 12.4. The van der Waals surface area contributed by atoms with Gasteiger partial charge in [0, 0.05) is 12.1 Å². The first-order valence-electron chi connectivity index (χ1n) is 6.85. The van der Waals surface area contributed by atoms with Crippen molar-refractivity contribution in [1.82, 2.24) is 4.57 Å². The Labute approximate surface area is 124 Å². The largest absolute Gasteiger partial charge is 0.497 e. The second-order valence-electron chi connectivity index (χ2n) is 5.29. The minimum Gasteiger partial charge on any atom is -0.497 e. The molecule has 2 aromatic rings. The molecule has 0 aliphatic heterocycles. The molecule has 4 heteroatoms. The normalized spacial score (nSPS) is 10.4. The lowest BCUT2D eigenvalue weighted by Gasteiger charge is -2.16. The molecule has 0 saturated heterocycles. The van der Waals surface area contributed by atoms with Gasteiger partial charge in [0.1, 0.15) is 17.4 Å². The van der Waals surface area contributed by atoms with Crippen molar-refractivity contribution >= 4 is 0 Å². The first-order valence-corrected chi connectivity index (χ1v) is 6.85. The monoisotopic (exact) mass is 282 g/mol. The van der Waals surface area contributed by atoms with Gasteiger partial charge in [-0.05, 0) is 30.2 Å². The third-order valence-corrected chi connectivity index (χ3v) is 3.21. The Bertz CT molecular complexity index is 739. The van der Waals surface area contributed by atoms with Crippen LogP contribution < -0.4 is 10.3 Å². The van der Waals surface area contributed by atoms with Gasteiger partial charge in [0.25, 0.3) is 5.56 Å². The van der Waals surface area contributed by atoms with E-state index in [0.29, 0.717) is 12.5 Å². The number of hydrogen-bond donors (Lipinski definition) is 0. The molecule has 4 nitrogen and oxygen atoms in total. The molecule has 1 aromatic carbocycles. The second-order valence-corrected chi connectivity index (χ2v) is 5.29. The minimum atomic E-state index is -0.244. The van der Waals surface area contributed by atoms with Crippen LogP contribution in [0.5, 0.6) is 5.75 Å². The number of benzene rings is 1. The van der Waals surface area contributed by atoms with E-state index in [1.54, 1.807) is 17.7 Å². The zero-order chi connectivity index (χ0) is 15.4. The molecule has 0 bridgehead atoms. The van der Waals surface area contributed by atoms with Crippen LogP contribution in [0.4, 0.5) is 0 Å². The molecule has 0 aliphatic rings. The van der Waals surface area contributed by atoms with E-state index in [9.17, 15) is 4.79 Å². The number of methoxy groups -OCH3 is 1. The standard InChI is InChI=1S/C17H18N2O2/c1-12(2)11-19-16(8-7-14(10-18)17(19)20)13-5-4-6-15(9-13)21-3/h4-9,12H,11H2,1-3H3. The fourth-order valence-electron chi connectivity index (χ4n) is 2.24. The highest BCUT2D eigenvalue weighted by atomic mass is 16.5. The molecule has 21 heavy (non-hydrogen) atoms. The smallest absolute Gasteiger partial charge is 0.268 e. The first kappa shape index (κ1) is 14.9. The Kier molecular flexibility index (Phi) is 4.44. The number of nitrogens with zero attached hydrogens (tertiary/aromatic N) is 2. The van der Waals surface area contributed by atoms with Gasteiger partial charge in [-0.15, -0.1) is 0 Å². The van der Waals surface area contributed by atoms with Crippen molar-refractivity contribution in [1.29, 1.82) is 5.26 Å². The molecule has 0 radical (unpaired) electrons. The van der Waals surface area contributed by atoms with Crippen molar-refractivity contribution in [3.05, 3.63) is 52.3 Å². The summed E-state index contributed by atoms with van der Waals surface area (Å²) >= 11 is 0. The summed E-state index contributed by atoms with van der Waals surface area (Å²) in [7, 11) is 1.61. The highest BCUT2D eigenvalue weighted by molar-refractivity contribution is 5.62. The van der Waals surface area contributed by atoms with Gasteiger partial charge in [0.2, 0.25) is 0 Å². The lowest BCUT2D eigenvalue weighted by atomic mass is 10.1. The minimum absolute atomic E-state index is 0.169. The second kappa shape index (κ2) is 6.27. The SMILES string of the molecule is COc1cccc(-c2ccc(C#N)c(=O)n2CC(C)C)c1. The average Bonchev–Trinajstić information content (AvgIpc) is 2.49. The van der Waals surface area contributed by atoms with E-state index >= 15 is 0 Å². The summed E-state index contributed by atoms with van der Waals surface area (Å²) in [5.41, 5.74) is 1.62. The van der Waals surface area contributed by atoms with E-state index < -0.39 is 0 Å². The van der Waals surface area contributed by atoms with Crippen LogP contribution in [0.3, 0.4) is 0 Å². The van der Waals surface area contributed by atoms with E-state index in [2.05, 4.69) is 0 Å². The number of pyridine rings is 1. The van der Waals surface area contributed by atoms with Gasteiger partial charge in [0.15, 0.2) is 0 Å². The molecule has 0 amide bonds. The van der Waals surface area contributed by atoms with Crippen molar-refractivity contribution in [2.45, 2.75) is 20.4 Å². The van der Waals surface area contributed by atoms with Crippen LogP contribution in [-0.2, 0) is 6.54 Å². The van der Waals surface area contributed by atoms with Crippen LogP contribution in [0.25, 0.3) is 11.3 Å². The molecule has 1 heterocycles. The van der Waals surface area contributed by atoms with Gasteiger partial charge in [-0.2, -0.15) is 5.26 Å². The maximum Gasteiger partial charge on any atom is 0.268 e. The van der Waals surface area contributed by atoms with Crippen molar-refractivity contribution in [3.63, 3.8) is 0 Å². The molecule has 0 unspecified atom stereocenters. The summed E-state index contributed by atoms with van der Waals surface area (Å²) in [5, 5.41) is 9.04. The van der Waals surface area contributed by atoms with Crippen molar-refractivity contribution < 1.29 is 4.74 Å². The van der Waals surface area contributed by atoms with Gasteiger partial charge in [-0.3, -0.25) is 4.79 Å². The highest BCUT2D eigenvalue weighted by Crippen LogP contribution is 2.23. The summed E-state index contributed by atoms with van der Waals surface area (Å²) in [6.07, 6.45) is 0. The van der Waals surface area contributed by atoms with Crippen LogP contribution in [-0.4, -0.2) is 11.7 Å². The third-order valence-electron chi connectivity index (χ3n) is 3.21. The Morgan fingerprint density at radius 1 is 1.29 bits per heavy atom. The van der Waals surface area contributed by atoms with Gasteiger partial charge in [-0.1, -0.05) is 26.0 Å². The number of hydrogen-bond acceptors (Lipinski definition) is 3. The van der Waals surface area contributed by atoms with Gasteiger partial charge in [0.05, 0.1) is 12.8 Å². The summed E-state index contributed by atoms with van der Waals surface area (Å²) in [4.78, 5) is 12.4. The molecule has 1 aromatic heterocycles. The zero-order valence-corrected chi connectivity index (χ0v) is 12.5. The van der Waals surface area contributed by atoms with Crippen molar-refractivity contribution in [3.8, 4) is 23.1 Å². The van der Waals surface area contributed by atoms with Gasteiger partial charge >= 0.3 is 0 Å². The van der Waals surface area contributed by atoms with E-state index in [4.69, 9.17) is 10.00 Å². The Morgan fingerprint density at radius 2 is 2.05 bits per heavy atom. The fourth-order valence-corrected chi connectivity index (χ4v) is 2.24. The van der Waals surface area contributed by atoms with Crippen LogP contribution in [0, 0.1) is 17.2 Å². The zero-order valence-electron chi connectivity index (χ0n) is 12.5. The van der Waals surface area contributed by atoms with Crippen molar-refractivity contribution in [2.24, 2.45) is 5.92 Å². The lowest BCUT2D eigenvalue weighted by molar-refractivity contribution is 0.415. The van der Waals surface area contributed by atoms with E-state index in [-0.39, 0.29) is 11.1 Å². The summed E-state index contributed by atoms with van der Waals surface area (Å²) in [6, 6.07) is 12.9. The number of aromatic nitrogens is 1. The van der Waals surface area contributed by atoms with Gasteiger partial charge in [-0.25, -0.2) is 0 Å². The molecule has 0 saturated carbocycles. The van der Waals surface area contributed by atoms with E-state index in [1.165, 1.54) is 0 Å². The molecule has 0 N–H and O–H groups in total. The molecule has 0 spiro atoms. The maximum absolute atomic E-state index is 12.4. The summed E-state index contributed by atoms with van der Waals surface area (Å²) < 4.78 is 6.90. The summed E-state index contributed by atoms with van der Waals surface area (Å²) in [6.45, 7) is 4.66. The number of nitriles is 1. The van der Waals surface area contributed by atoms with E-state index in [1.807, 2.05) is 50.2 Å². The van der Waals surface area contributed by atoms with Crippen molar-refractivity contribution in [2.75, 3.05) is 7.11 Å². The molecule has 0 atom stereocenters. The fraction of sp³-hybridized carbons (Fsp3) is 0.294. The lowest BCUT2D eigenvalue weighted by Crippen LogP contribution is -2.26. The predicted molar refractivity (Wildman–Crippen MR) is 82.2 cm³/mol. The average molecular weight is 282 g/mol. The Balaban J connectivity index is 2.65. The topological polar surface area (TPSA) is 55.0 Å². The summed E-state index contributed by atoms with van der Waals surface area (Å²) in [5.74, 6) is 1.04. The molecular weight excluding hydrogens is 264 g/mol. The van der Waals surface area contributed by atoms with Crippen LogP contribution in [0.2, 0.25) is 0 Å². The quantitative estimate of drug-likeness (QED) is 0.866. The Hall–Kier alpha value is -2.54. The highest BCUT2D eigenvalue weighted by Gasteiger charge is 2.12. The third kappa shape index (κ3) is 3.14. The van der Waals surface area contributed by atoms with Crippen LogP contribution >= 0.6 is 0 Å². The molecule has 108 valence electrons. The number of rotatable bonds is 4. The molecular formula is C17H18N2O2. The molecule has 2 rings (SSSR count). The van der Waals surface area contributed by atoms with E-state index in [0.717, 1.165) is 17.0 Å². The molecule has 0 aliphatic carbocycles. The predicted octanol–water partition coefficient (Wildman–Crippen LogP) is 3.05.